The molecule has 0 fully saturated rings. The van der Waals surface area contributed by atoms with Gasteiger partial charge in [-0.05, 0) is 40.2 Å². The molecule has 132 valence electrons. The van der Waals surface area contributed by atoms with Gasteiger partial charge in [0.05, 0.1) is 10.7 Å². The summed E-state index contributed by atoms with van der Waals surface area (Å²) in [4.78, 5) is 22.4. The summed E-state index contributed by atoms with van der Waals surface area (Å²) in [5, 5.41) is 0.808. The summed E-state index contributed by atoms with van der Waals surface area (Å²) >= 11 is 15.5. The lowest BCUT2D eigenvalue weighted by Crippen LogP contribution is -2.27. The summed E-state index contributed by atoms with van der Waals surface area (Å²) in [6.45, 7) is 0. The predicted molar refractivity (Wildman–Crippen MR) is 105 cm³/mol. The van der Waals surface area contributed by atoms with Crippen molar-refractivity contribution in [2.24, 2.45) is 0 Å². The van der Waals surface area contributed by atoms with E-state index in [1.54, 1.807) is 25.2 Å². The highest BCUT2D eigenvalue weighted by atomic mass is 79.9. The average molecular weight is 453 g/mol. The minimum atomic E-state index is -0.328. The number of para-hydroxylation sites is 1. The SMILES string of the molecule is CN(C(=O)c1cncnc1Oc1cc(Cl)ccc1Cl)c1ccccc1Br. The molecule has 1 amide bonds. The quantitative estimate of drug-likeness (QED) is 0.515. The molecule has 5 nitrogen and oxygen atoms in total. The Balaban J connectivity index is 1.95. The van der Waals surface area contributed by atoms with Crippen LogP contribution in [0.4, 0.5) is 5.69 Å². The number of ether oxygens (including phenoxy) is 1. The van der Waals surface area contributed by atoms with E-state index in [4.69, 9.17) is 27.9 Å². The summed E-state index contributed by atoms with van der Waals surface area (Å²) in [5.41, 5.74) is 0.898. The molecule has 3 rings (SSSR count). The van der Waals surface area contributed by atoms with Crippen molar-refractivity contribution in [2.75, 3.05) is 11.9 Å². The number of carbonyl (C=O) groups is 1. The summed E-state index contributed by atoms with van der Waals surface area (Å²) < 4.78 is 6.52. The van der Waals surface area contributed by atoms with Gasteiger partial charge in [-0.2, -0.15) is 0 Å². The summed E-state index contributed by atoms with van der Waals surface area (Å²) in [5.74, 6) is 0.0641. The smallest absolute Gasteiger partial charge is 0.265 e. The molecular weight excluding hydrogens is 441 g/mol. The molecule has 1 heterocycles. The van der Waals surface area contributed by atoms with Crippen molar-refractivity contribution < 1.29 is 9.53 Å². The van der Waals surface area contributed by atoms with E-state index in [9.17, 15) is 4.79 Å². The molecule has 2 aromatic carbocycles. The molecule has 0 unspecified atom stereocenters. The van der Waals surface area contributed by atoms with Crippen molar-refractivity contribution in [1.29, 1.82) is 0 Å². The molecule has 1 aromatic heterocycles. The van der Waals surface area contributed by atoms with Crippen LogP contribution in [0.5, 0.6) is 11.6 Å². The van der Waals surface area contributed by atoms with Gasteiger partial charge in [0.1, 0.15) is 17.6 Å². The number of nitrogens with zero attached hydrogens (tertiary/aromatic N) is 3. The second-order valence-electron chi connectivity index (χ2n) is 5.23. The lowest BCUT2D eigenvalue weighted by Gasteiger charge is -2.19. The molecule has 0 N–H and O–H groups in total. The zero-order valence-electron chi connectivity index (χ0n) is 13.5. The van der Waals surface area contributed by atoms with Crippen LogP contribution in [-0.4, -0.2) is 22.9 Å². The third-order valence-electron chi connectivity index (χ3n) is 3.52. The van der Waals surface area contributed by atoms with E-state index < -0.39 is 0 Å². The van der Waals surface area contributed by atoms with Crippen molar-refractivity contribution in [2.45, 2.75) is 0 Å². The van der Waals surface area contributed by atoms with E-state index >= 15 is 0 Å². The molecule has 0 bridgehead atoms. The summed E-state index contributed by atoms with van der Waals surface area (Å²) in [6.07, 6.45) is 2.69. The number of hydrogen-bond donors (Lipinski definition) is 0. The molecule has 0 atom stereocenters. The first-order chi connectivity index (χ1) is 12.5. The van der Waals surface area contributed by atoms with E-state index in [2.05, 4.69) is 25.9 Å². The Morgan fingerprint density at radius 3 is 2.73 bits per heavy atom. The van der Waals surface area contributed by atoms with Crippen molar-refractivity contribution in [3.05, 3.63) is 75.1 Å². The van der Waals surface area contributed by atoms with Gasteiger partial charge in [-0.15, -0.1) is 0 Å². The van der Waals surface area contributed by atoms with E-state index in [0.717, 1.165) is 4.47 Å². The van der Waals surface area contributed by atoms with E-state index in [1.807, 2.05) is 24.3 Å². The Hall–Kier alpha value is -2.15. The fraction of sp³-hybridized carbons (Fsp3) is 0.0556. The maximum absolute atomic E-state index is 12.9. The maximum Gasteiger partial charge on any atom is 0.265 e. The number of amides is 1. The van der Waals surface area contributed by atoms with Crippen molar-refractivity contribution in [3.63, 3.8) is 0 Å². The lowest BCUT2D eigenvalue weighted by molar-refractivity contribution is 0.0989. The molecule has 0 aliphatic carbocycles. The molecular formula is C18H12BrCl2N3O2. The van der Waals surface area contributed by atoms with Crippen LogP contribution in [0.1, 0.15) is 10.4 Å². The van der Waals surface area contributed by atoms with Crippen molar-refractivity contribution in [1.82, 2.24) is 9.97 Å². The zero-order valence-corrected chi connectivity index (χ0v) is 16.6. The number of aromatic nitrogens is 2. The zero-order chi connectivity index (χ0) is 18.7. The second-order valence-corrected chi connectivity index (χ2v) is 6.93. The van der Waals surface area contributed by atoms with Crippen LogP contribution >= 0.6 is 39.1 Å². The predicted octanol–water partition coefficient (Wildman–Crippen LogP) is 5.61. The Bertz CT molecular complexity index is 969. The van der Waals surface area contributed by atoms with Crippen LogP contribution in [0.3, 0.4) is 0 Å². The minimum absolute atomic E-state index is 0.0908. The molecule has 0 aliphatic rings. The summed E-state index contributed by atoms with van der Waals surface area (Å²) in [6, 6.07) is 12.2. The van der Waals surface area contributed by atoms with Crippen LogP contribution in [-0.2, 0) is 0 Å². The van der Waals surface area contributed by atoms with Gasteiger partial charge >= 0.3 is 0 Å². The average Bonchev–Trinajstić information content (AvgIpc) is 2.64. The maximum atomic E-state index is 12.9. The first-order valence-corrected chi connectivity index (χ1v) is 8.97. The van der Waals surface area contributed by atoms with Crippen LogP contribution in [0.25, 0.3) is 0 Å². The molecule has 0 spiro atoms. The molecule has 26 heavy (non-hydrogen) atoms. The van der Waals surface area contributed by atoms with Gasteiger partial charge in [0.2, 0.25) is 5.88 Å². The third kappa shape index (κ3) is 3.98. The minimum Gasteiger partial charge on any atom is -0.436 e. The number of hydrogen-bond acceptors (Lipinski definition) is 4. The monoisotopic (exact) mass is 451 g/mol. The van der Waals surface area contributed by atoms with Gasteiger partial charge in [-0.1, -0.05) is 35.3 Å². The van der Waals surface area contributed by atoms with E-state index in [0.29, 0.717) is 21.5 Å². The largest absolute Gasteiger partial charge is 0.436 e. The Kier molecular flexibility index (Phi) is 5.76. The normalized spacial score (nSPS) is 10.5. The fourth-order valence-corrected chi connectivity index (χ4v) is 3.09. The van der Waals surface area contributed by atoms with Gasteiger partial charge in [0, 0.05) is 28.8 Å². The highest BCUT2D eigenvalue weighted by Crippen LogP contribution is 2.33. The Labute approximate surface area is 168 Å². The van der Waals surface area contributed by atoms with Crippen LogP contribution < -0.4 is 9.64 Å². The number of halogens is 3. The highest BCUT2D eigenvalue weighted by Gasteiger charge is 2.22. The molecule has 0 radical (unpaired) electrons. The Morgan fingerprint density at radius 2 is 1.96 bits per heavy atom. The number of carbonyl (C=O) groups excluding carboxylic acids is 1. The van der Waals surface area contributed by atoms with E-state index in [-0.39, 0.29) is 17.4 Å². The second kappa shape index (κ2) is 8.03. The van der Waals surface area contributed by atoms with Gasteiger partial charge in [-0.25, -0.2) is 9.97 Å². The van der Waals surface area contributed by atoms with Crippen LogP contribution in [0.15, 0.2) is 59.5 Å². The number of rotatable bonds is 4. The van der Waals surface area contributed by atoms with Crippen molar-refractivity contribution in [3.8, 4) is 11.6 Å². The molecule has 3 aromatic rings. The van der Waals surface area contributed by atoms with Crippen molar-refractivity contribution >= 4 is 50.7 Å². The van der Waals surface area contributed by atoms with E-state index in [1.165, 1.54) is 17.4 Å². The lowest BCUT2D eigenvalue weighted by atomic mass is 10.2. The van der Waals surface area contributed by atoms with Crippen LogP contribution in [0.2, 0.25) is 10.0 Å². The standard InChI is InChI=1S/C18H12BrCl2N3O2/c1-24(15-5-3-2-4-13(15)19)18(25)12-9-22-10-23-17(12)26-16-8-11(20)6-7-14(16)21/h2-10H,1H3. The third-order valence-corrected chi connectivity index (χ3v) is 4.74. The Morgan fingerprint density at radius 1 is 1.19 bits per heavy atom. The van der Waals surface area contributed by atoms with Gasteiger partial charge in [-0.3, -0.25) is 4.79 Å². The van der Waals surface area contributed by atoms with Gasteiger partial charge in [0.15, 0.2) is 0 Å². The molecule has 0 saturated heterocycles. The van der Waals surface area contributed by atoms with Gasteiger partial charge < -0.3 is 9.64 Å². The van der Waals surface area contributed by atoms with Gasteiger partial charge in [0.25, 0.3) is 5.91 Å². The van der Waals surface area contributed by atoms with Crippen LogP contribution in [0, 0.1) is 0 Å². The number of benzene rings is 2. The highest BCUT2D eigenvalue weighted by molar-refractivity contribution is 9.10. The summed E-state index contributed by atoms with van der Waals surface area (Å²) in [7, 11) is 1.66. The topological polar surface area (TPSA) is 55.3 Å². The first kappa shape index (κ1) is 18.6. The molecule has 8 heteroatoms. The molecule has 0 aliphatic heterocycles. The molecule has 0 saturated carbocycles. The first-order valence-electron chi connectivity index (χ1n) is 7.43. The number of anilines is 1. The fourth-order valence-electron chi connectivity index (χ4n) is 2.22.